The van der Waals surface area contributed by atoms with E-state index >= 15 is 0 Å². The van der Waals surface area contributed by atoms with Gasteiger partial charge in [-0.15, -0.1) is 0 Å². The van der Waals surface area contributed by atoms with Gasteiger partial charge in [-0.1, -0.05) is 50.6 Å². The zero-order valence-electron chi connectivity index (χ0n) is 29.5. The third kappa shape index (κ3) is 10.6. The number of aliphatic hydroxyl groups excluding tert-OH is 1. The summed E-state index contributed by atoms with van der Waals surface area (Å²) >= 11 is 0. The lowest BCUT2D eigenvalue weighted by Gasteiger charge is -2.44. The molecule has 4 rings (SSSR count). The summed E-state index contributed by atoms with van der Waals surface area (Å²) < 4.78 is 35.2. The van der Waals surface area contributed by atoms with E-state index in [4.69, 9.17) is 34.2 Å². The highest BCUT2D eigenvalue weighted by atomic mass is 16.5. The third-order valence-electron chi connectivity index (χ3n) is 9.30. The Kier molecular flexibility index (Phi) is 15.4. The van der Waals surface area contributed by atoms with Crippen LogP contribution in [0.1, 0.15) is 56.2 Å². The molecule has 0 saturated carbocycles. The maximum absolute atomic E-state index is 13.7. The van der Waals surface area contributed by atoms with Gasteiger partial charge in [0, 0.05) is 46.4 Å². The molecule has 0 aromatic heterocycles. The lowest BCUT2D eigenvalue weighted by Crippen LogP contribution is -2.58. The number of nitrogens with zero attached hydrogens (tertiary/aromatic N) is 2. The van der Waals surface area contributed by atoms with Crippen molar-refractivity contribution in [2.45, 2.75) is 77.1 Å². The number of likely N-dealkylation sites (tertiary alicyclic amines) is 1. The van der Waals surface area contributed by atoms with Crippen LogP contribution in [-0.4, -0.2) is 114 Å². The largest absolute Gasteiger partial charge is 0.490 e. The molecule has 3 N–H and O–H groups in total. The van der Waals surface area contributed by atoms with Crippen molar-refractivity contribution in [1.82, 2.24) is 4.90 Å². The fourth-order valence-electron chi connectivity index (χ4n) is 6.28. The van der Waals surface area contributed by atoms with Crippen LogP contribution < -0.4 is 15.4 Å². The first-order valence-electron chi connectivity index (χ1n) is 17.4. The van der Waals surface area contributed by atoms with Crippen molar-refractivity contribution in [3.05, 3.63) is 59.2 Å². The Morgan fingerprint density at radius 1 is 0.979 bits per heavy atom. The molecule has 2 aromatic carbocycles. The average Bonchev–Trinajstić information content (AvgIpc) is 3.10. The van der Waals surface area contributed by atoms with E-state index < -0.39 is 18.2 Å². The van der Waals surface area contributed by atoms with Crippen LogP contribution in [0.25, 0.3) is 0 Å². The summed E-state index contributed by atoms with van der Waals surface area (Å²) in [6.07, 6.45) is 0.268. The molecular weight excluding hydrogens is 614 g/mol. The van der Waals surface area contributed by atoms with Crippen LogP contribution in [0.4, 0.5) is 5.69 Å². The molecule has 2 aromatic rings. The van der Waals surface area contributed by atoms with Crippen molar-refractivity contribution in [2.75, 3.05) is 78.3 Å². The standard InChI is InChI=1S/C37H57N3O8/c1-6-26(2)36(38)37(42)40-21-33(47-23-27(3)41)35(30-11-8-28(9-12-30)24-45-19-18-44-5)34(22-40)48-25-29-10-13-32-31(20-29)39(15-17-46-32)14-7-16-43-4/h8-13,20,26-27,33-36,41H,6-7,14-19,21-25,38H2,1-5H3/t26-,27+,33+,34-,35-,36-/m0/s1. The lowest BCUT2D eigenvalue weighted by molar-refractivity contribution is -0.149. The van der Waals surface area contributed by atoms with Gasteiger partial charge in [0.05, 0.1) is 69.6 Å². The van der Waals surface area contributed by atoms with Crippen molar-refractivity contribution in [3.8, 4) is 5.75 Å². The van der Waals surface area contributed by atoms with E-state index in [9.17, 15) is 9.90 Å². The second-order valence-corrected chi connectivity index (χ2v) is 13.0. The lowest BCUT2D eigenvalue weighted by atomic mass is 9.83. The molecule has 268 valence electrons. The molecule has 0 radical (unpaired) electrons. The molecule has 0 aliphatic carbocycles. The van der Waals surface area contributed by atoms with Crippen LogP contribution in [0.3, 0.4) is 0 Å². The molecule has 1 saturated heterocycles. The van der Waals surface area contributed by atoms with Crippen LogP contribution in [0.5, 0.6) is 5.75 Å². The molecule has 6 atom stereocenters. The van der Waals surface area contributed by atoms with E-state index in [1.54, 1.807) is 26.0 Å². The van der Waals surface area contributed by atoms with E-state index in [1.807, 2.05) is 26.0 Å². The van der Waals surface area contributed by atoms with E-state index in [2.05, 4.69) is 35.2 Å². The van der Waals surface area contributed by atoms with Crippen molar-refractivity contribution in [1.29, 1.82) is 0 Å². The van der Waals surface area contributed by atoms with E-state index in [0.717, 1.165) is 54.1 Å². The molecule has 2 aliphatic heterocycles. The first-order chi connectivity index (χ1) is 23.2. The average molecular weight is 672 g/mol. The van der Waals surface area contributed by atoms with E-state index in [0.29, 0.717) is 52.7 Å². The van der Waals surface area contributed by atoms with E-state index in [1.165, 1.54) is 0 Å². The van der Waals surface area contributed by atoms with Crippen LogP contribution in [0.15, 0.2) is 42.5 Å². The molecule has 0 bridgehead atoms. The van der Waals surface area contributed by atoms with Crippen molar-refractivity contribution < 1.29 is 38.3 Å². The Balaban J connectivity index is 1.60. The number of nitrogens with two attached hydrogens (primary N) is 1. The number of carbonyl (C=O) groups excluding carboxylic acids is 1. The van der Waals surface area contributed by atoms with Gasteiger partial charge in [-0.25, -0.2) is 0 Å². The van der Waals surface area contributed by atoms with Gasteiger partial charge in [0.2, 0.25) is 5.91 Å². The van der Waals surface area contributed by atoms with Gasteiger partial charge in [0.15, 0.2) is 0 Å². The summed E-state index contributed by atoms with van der Waals surface area (Å²) in [6, 6.07) is 13.9. The van der Waals surface area contributed by atoms with Crippen LogP contribution in [0.2, 0.25) is 0 Å². The first kappa shape index (κ1) is 38.0. The number of aliphatic hydroxyl groups is 1. The second-order valence-electron chi connectivity index (χ2n) is 13.0. The number of benzene rings is 2. The number of carbonyl (C=O) groups is 1. The maximum Gasteiger partial charge on any atom is 0.239 e. The Labute approximate surface area is 286 Å². The van der Waals surface area contributed by atoms with Crippen LogP contribution >= 0.6 is 0 Å². The van der Waals surface area contributed by atoms with Gasteiger partial charge in [-0.05, 0) is 48.1 Å². The molecule has 0 unspecified atom stereocenters. The van der Waals surface area contributed by atoms with E-state index in [-0.39, 0.29) is 30.5 Å². The van der Waals surface area contributed by atoms with Crippen LogP contribution in [-0.2, 0) is 41.7 Å². The molecule has 11 nitrogen and oxygen atoms in total. The molecule has 2 heterocycles. The monoisotopic (exact) mass is 671 g/mol. The Hall–Kier alpha value is -2.77. The van der Waals surface area contributed by atoms with Crippen molar-refractivity contribution >= 4 is 11.6 Å². The fourth-order valence-corrected chi connectivity index (χ4v) is 6.28. The molecule has 2 aliphatic rings. The third-order valence-corrected chi connectivity index (χ3v) is 9.30. The number of hydrogen-bond donors (Lipinski definition) is 2. The SMILES string of the molecule is CC[C@H](C)[C@H](N)C(=O)N1C[C@H](OCc2ccc3c(c2)N(CCCOC)CCO3)[C@@H](c2ccc(COCCOC)cc2)[C@H](OC[C@@H](C)O)C1. The number of rotatable bonds is 19. The first-order valence-corrected chi connectivity index (χ1v) is 17.4. The van der Waals surface area contributed by atoms with Gasteiger partial charge in [0.1, 0.15) is 12.4 Å². The summed E-state index contributed by atoms with van der Waals surface area (Å²) in [4.78, 5) is 17.9. The molecule has 0 spiro atoms. The predicted octanol–water partition coefficient (Wildman–Crippen LogP) is 3.74. The van der Waals surface area contributed by atoms with Gasteiger partial charge >= 0.3 is 0 Å². The number of methoxy groups -OCH3 is 2. The molecule has 1 fully saturated rings. The summed E-state index contributed by atoms with van der Waals surface area (Å²) in [5, 5.41) is 10.2. The summed E-state index contributed by atoms with van der Waals surface area (Å²) in [5.74, 6) is 0.604. The summed E-state index contributed by atoms with van der Waals surface area (Å²) in [7, 11) is 3.38. The minimum absolute atomic E-state index is 0.0367. The van der Waals surface area contributed by atoms with Crippen molar-refractivity contribution in [3.63, 3.8) is 0 Å². The van der Waals surface area contributed by atoms with Gasteiger partial charge in [-0.3, -0.25) is 4.79 Å². The number of amides is 1. The molecule has 1 amide bonds. The highest BCUT2D eigenvalue weighted by Crippen LogP contribution is 2.36. The molecular formula is C37H57N3O8. The minimum Gasteiger partial charge on any atom is -0.490 e. The number of anilines is 1. The highest BCUT2D eigenvalue weighted by molar-refractivity contribution is 5.82. The number of ether oxygens (including phenoxy) is 6. The Morgan fingerprint density at radius 2 is 1.69 bits per heavy atom. The molecule has 11 heteroatoms. The van der Waals surface area contributed by atoms with Gasteiger partial charge < -0.3 is 49.1 Å². The second kappa shape index (κ2) is 19.4. The highest BCUT2D eigenvalue weighted by Gasteiger charge is 2.42. The van der Waals surface area contributed by atoms with Gasteiger partial charge in [0.25, 0.3) is 0 Å². The van der Waals surface area contributed by atoms with Gasteiger partial charge in [-0.2, -0.15) is 0 Å². The maximum atomic E-state index is 13.7. The summed E-state index contributed by atoms with van der Waals surface area (Å²) in [5.41, 5.74) is 10.6. The Bertz CT molecular complexity index is 1250. The summed E-state index contributed by atoms with van der Waals surface area (Å²) in [6.45, 7) is 11.5. The zero-order valence-corrected chi connectivity index (χ0v) is 29.5. The molecule has 48 heavy (non-hydrogen) atoms. The quantitative estimate of drug-likeness (QED) is 0.214. The van der Waals surface area contributed by atoms with Crippen molar-refractivity contribution in [2.24, 2.45) is 11.7 Å². The zero-order chi connectivity index (χ0) is 34.5. The fraction of sp³-hybridized carbons (Fsp3) is 0.649. The number of hydrogen-bond acceptors (Lipinski definition) is 10. The number of piperidine rings is 1. The minimum atomic E-state index is -0.658. The Morgan fingerprint density at radius 3 is 2.38 bits per heavy atom. The topological polar surface area (TPSA) is 125 Å². The van der Waals surface area contributed by atoms with Crippen LogP contribution in [0, 0.1) is 5.92 Å². The number of fused-ring (bicyclic) bond motifs is 1. The predicted molar refractivity (Wildman–Crippen MR) is 185 cm³/mol. The smallest absolute Gasteiger partial charge is 0.239 e. The normalized spacial score (nSPS) is 21.4.